The number of carbonyl (C=O) groups is 1. The van der Waals surface area contributed by atoms with Gasteiger partial charge in [0, 0.05) is 30.6 Å². The van der Waals surface area contributed by atoms with Gasteiger partial charge in [-0.3, -0.25) is 4.90 Å². The molecule has 1 aromatic carbocycles. The van der Waals surface area contributed by atoms with E-state index in [1.54, 1.807) is 7.11 Å². The molecule has 2 aromatic heterocycles. The first kappa shape index (κ1) is 21.1. The van der Waals surface area contributed by atoms with Gasteiger partial charge in [0.2, 0.25) is 5.88 Å². The highest BCUT2D eigenvalue weighted by atomic mass is 16.5. The number of hydrogen-bond donors (Lipinski definition) is 2. The number of rotatable bonds is 7. The molecule has 0 saturated carbocycles. The van der Waals surface area contributed by atoms with Gasteiger partial charge in [0.15, 0.2) is 0 Å². The Bertz CT molecular complexity index is 1080. The first-order valence-electron chi connectivity index (χ1n) is 11.3. The largest absolute Gasteiger partial charge is 0.480 e. The molecule has 8 nitrogen and oxygen atoms in total. The number of aromatic nitrogens is 3. The second-order valence-electron chi connectivity index (χ2n) is 8.55. The molecule has 2 N–H and O–H groups in total. The van der Waals surface area contributed by atoms with Gasteiger partial charge < -0.3 is 24.6 Å². The van der Waals surface area contributed by atoms with Crippen molar-refractivity contribution in [2.45, 2.75) is 37.4 Å². The zero-order chi connectivity index (χ0) is 21.9. The van der Waals surface area contributed by atoms with Crippen LogP contribution in [0.5, 0.6) is 5.88 Å². The van der Waals surface area contributed by atoms with Gasteiger partial charge in [0.25, 0.3) is 0 Å². The van der Waals surface area contributed by atoms with Crippen molar-refractivity contribution in [2.75, 3.05) is 33.4 Å². The van der Waals surface area contributed by atoms with Crippen LogP contribution in [-0.2, 0) is 9.53 Å². The number of nitrogens with one attached hydrogen (secondary N) is 2. The van der Waals surface area contributed by atoms with Crippen molar-refractivity contribution < 1.29 is 14.3 Å². The molecule has 0 spiro atoms. The fraction of sp³-hybridized carbons (Fsp3) is 0.458. The number of imidazole rings is 1. The number of pyridine rings is 1. The first-order chi connectivity index (χ1) is 15.7. The summed E-state index contributed by atoms with van der Waals surface area (Å²) in [6.45, 7) is 2.86. The van der Waals surface area contributed by atoms with E-state index < -0.39 is 0 Å². The minimum atomic E-state index is 0.0435. The monoisotopic (exact) mass is 435 g/mol. The lowest BCUT2D eigenvalue weighted by molar-refractivity contribution is -0.109. The lowest BCUT2D eigenvalue weighted by Crippen LogP contribution is -2.48. The number of benzene rings is 1. The number of carbonyl (C=O) groups excluding carboxylic acids is 1. The van der Waals surface area contributed by atoms with E-state index in [4.69, 9.17) is 14.5 Å². The summed E-state index contributed by atoms with van der Waals surface area (Å²) in [5.41, 5.74) is 2.63. The van der Waals surface area contributed by atoms with Crippen molar-refractivity contribution in [1.82, 2.24) is 25.2 Å². The van der Waals surface area contributed by atoms with Crippen LogP contribution in [0.15, 0.2) is 36.5 Å². The fourth-order valence-corrected chi connectivity index (χ4v) is 4.85. The van der Waals surface area contributed by atoms with Gasteiger partial charge in [-0.05, 0) is 31.4 Å². The van der Waals surface area contributed by atoms with Crippen LogP contribution in [0.3, 0.4) is 0 Å². The molecule has 32 heavy (non-hydrogen) atoms. The number of likely N-dealkylation sites (tertiary alicyclic amines) is 1. The van der Waals surface area contributed by atoms with E-state index in [0.29, 0.717) is 24.5 Å². The molecule has 2 saturated heterocycles. The van der Waals surface area contributed by atoms with Crippen LogP contribution in [0.25, 0.3) is 22.2 Å². The second-order valence-corrected chi connectivity index (χ2v) is 8.55. The van der Waals surface area contributed by atoms with Crippen molar-refractivity contribution in [3.63, 3.8) is 0 Å². The van der Waals surface area contributed by atoms with E-state index >= 15 is 0 Å². The van der Waals surface area contributed by atoms with E-state index in [1.807, 2.05) is 30.5 Å². The Balaban J connectivity index is 1.42. The molecule has 1 unspecified atom stereocenters. The van der Waals surface area contributed by atoms with Crippen LogP contribution in [-0.4, -0.2) is 71.6 Å². The molecule has 4 heterocycles. The Labute approximate surface area is 187 Å². The summed E-state index contributed by atoms with van der Waals surface area (Å²) in [7, 11) is 1.63. The minimum Gasteiger partial charge on any atom is -0.480 e. The van der Waals surface area contributed by atoms with Crippen LogP contribution in [0.2, 0.25) is 0 Å². The number of piperidine rings is 1. The summed E-state index contributed by atoms with van der Waals surface area (Å²) >= 11 is 0. The Kier molecular flexibility index (Phi) is 6.16. The molecule has 2 aliphatic rings. The number of para-hydroxylation sites is 1. The second kappa shape index (κ2) is 9.36. The number of hydrogen-bond acceptors (Lipinski definition) is 7. The molecular formula is C24H29N5O3. The number of H-pyrrole nitrogens is 1. The summed E-state index contributed by atoms with van der Waals surface area (Å²) in [6.07, 6.45) is 5.77. The third-order valence-electron chi connectivity index (χ3n) is 6.51. The van der Waals surface area contributed by atoms with Crippen LogP contribution < -0.4 is 10.1 Å². The molecule has 2 fully saturated rings. The average molecular weight is 436 g/mol. The third-order valence-corrected chi connectivity index (χ3v) is 6.51. The molecule has 0 radical (unpaired) electrons. The number of ether oxygens (including phenoxy) is 2. The highest BCUT2D eigenvalue weighted by molar-refractivity contribution is 5.85. The van der Waals surface area contributed by atoms with Gasteiger partial charge in [0.05, 0.1) is 49.3 Å². The number of methoxy groups -OCH3 is 1. The first-order valence-corrected chi connectivity index (χ1v) is 11.3. The predicted molar refractivity (Wildman–Crippen MR) is 122 cm³/mol. The summed E-state index contributed by atoms with van der Waals surface area (Å²) in [6, 6.07) is 10.9. The Morgan fingerprint density at radius 3 is 3.03 bits per heavy atom. The minimum absolute atomic E-state index is 0.0435. The topological polar surface area (TPSA) is 92.4 Å². The van der Waals surface area contributed by atoms with Crippen molar-refractivity contribution in [3.05, 3.63) is 42.4 Å². The van der Waals surface area contributed by atoms with Gasteiger partial charge in [-0.1, -0.05) is 18.2 Å². The maximum Gasteiger partial charge on any atom is 0.223 e. The highest BCUT2D eigenvalue weighted by Crippen LogP contribution is 2.34. The zero-order valence-corrected chi connectivity index (χ0v) is 18.3. The van der Waals surface area contributed by atoms with Crippen LogP contribution >= 0.6 is 0 Å². The SMILES string of the molecule is COc1nc2ccccc2cc1-c1cnc([C@@H]2C[C@H](NC3CCOC3)CCN2CC=O)[nH]1. The summed E-state index contributed by atoms with van der Waals surface area (Å²) < 4.78 is 11.1. The quantitative estimate of drug-likeness (QED) is 0.551. The highest BCUT2D eigenvalue weighted by Gasteiger charge is 2.33. The van der Waals surface area contributed by atoms with Gasteiger partial charge in [-0.2, -0.15) is 0 Å². The van der Waals surface area contributed by atoms with E-state index in [1.165, 1.54) is 0 Å². The van der Waals surface area contributed by atoms with Crippen molar-refractivity contribution in [2.24, 2.45) is 0 Å². The normalized spacial score (nSPS) is 24.1. The van der Waals surface area contributed by atoms with Gasteiger partial charge >= 0.3 is 0 Å². The van der Waals surface area contributed by atoms with E-state index in [9.17, 15) is 4.79 Å². The smallest absolute Gasteiger partial charge is 0.223 e. The summed E-state index contributed by atoms with van der Waals surface area (Å²) in [5, 5.41) is 4.79. The van der Waals surface area contributed by atoms with Gasteiger partial charge in [-0.25, -0.2) is 9.97 Å². The molecule has 0 aliphatic carbocycles. The molecule has 0 amide bonds. The van der Waals surface area contributed by atoms with Crippen LogP contribution in [0, 0.1) is 0 Å². The molecule has 3 aromatic rings. The van der Waals surface area contributed by atoms with Crippen LogP contribution in [0.4, 0.5) is 0 Å². The molecule has 2 aliphatic heterocycles. The van der Waals surface area contributed by atoms with Crippen molar-refractivity contribution >= 4 is 17.2 Å². The molecular weight excluding hydrogens is 406 g/mol. The molecule has 5 rings (SSSR count). The molecule has 168 valence electrons. The standard InChI is InChI=1S/C24H29N5O3/c1-31-24-19(12-16-4-2-3-5-20(16)28-24)21-14-25-23(27-21)22-13-17(6-8-29(22)9-10-30)26-18-7-11-32-15-18/h2-5,10,12,14,17-18,22,26H,6-9,11,13,15H2,1H3,(H,25,27)/t17-,18?,22+/m1/s1. The van der Waals surface area contributed by atoms with Gasteiger partial charge in [0.1, 0.15) is 12.1 Å². The number of fused-ring (bicyclic) bond motifs is 1. The number of aromatic amines is 1. The summed E-state index contributed by atoms with van der Waals surface area (Å²) in [4.78, 5) is 26.4. The maximum atomic E-state index is 11.3. The molecule has 3 atom stereocenters. The van der Waals surface area contributed by atoms with E-state index in [2.05, 4.69) is 26.3 Å². The van der Waals surface area contributed by atoms with E-state index in [-0.39, 0.29) is 6.04 Å². The predicted octanol–water partition coefficient (Wildman–Crippen LogP) is 2.72. The zero-order valence-electron chi connectivity index (χ0n) is 18.3. The van der Waals surface area contributed by atoms with E-state index in [0.717, 1.165) is 73.3 Å². The lowest BCUT2D eigenvalue weighted by atomic mass is 9.95. The van der Waals surface area contributed by atoms with Crippen LogP contribution in [0.1, 0.15) is 31.1 Å². The third kappa shape index (κ3) is 4.26. The number of aldehydes is 1. The van der Waals surface area contributed by atoms with Crippen molar-refractivity contribution in [3.8, 4) is 17.1 Å². The Morgan fingerprint density at radius 2 is 2.22 bits per heavy atom. The Hall–Kier alpha value is -2.81. The Morgan fingerprint density at radius 1 is 1.31 bits per heavy atom. The summed E-state index contributed by atoms with van der Waals surface area (Å²) in [5.74, 6) is 1.43. The maximum absolute atomic E-state index is 11.3. The lowest BCUT2D eigenvalue weighted by Gasteiger charge is -2.38. The average Bonchev–Trinajstić information content (AvgIpc) is 3.52. The van der Waals surface area contributed by atoms with Crippen molar-refractivity contribution in [1.29, 1.82) is 0 Å². The van der Waals surface area contributed by atoms with Gasteiger partial charge in [-0.15, -0.1) is 0 Å². The fourth-order valence-electron chi connectivity index (χ4n) is 4.85. The number of nitrogens with zero attached hydrogens (tertiary/aromatic N) is 3. The molecule has 0 bridgehead atoms. The molecule has 8 heteroatoms.